The molecule has 0 spiro atoms. The summed E-state index contributed by atoms with van der Waals surface area (Å²) in [4.78, 5) is 30.8. The third-order valence-electron chi connectivity index (χ3n) is 4.73. The fourth-order valence-corrected chi connectivity index (χ4v) is 3.98. The number of hydrogen-bond acceptors (Lipinski definition) is 7. The first-order chi connectivity index (χ1) is 14.0. The van der Waals surface area contributed by atoms with Crippen molar-refractivity contribution in [3.05, 3.63) is 46.2 Å². The molecule has 154 valence electrons. The first kappa shape index (κ1) is 20.7. The second-order valence-electron chi connectivity index (χ2n) is 6.39. The van der Waals surface area contributed by atoms with E-state index in [1.54, 1.807) is 7.11 Å². The zero-order chi connectivity index (χ0) is 21.0. The molecular formula is C19H23N4O5S+. The number of anilines is 1. The first-order valence-electron chi connectivity index (χ1n) is 9.31. The predicted molar refractivity (Wildman–Crippen MR) is 110 cm³/mol. The highest BCUT2D eigenvalue weighted by atomic mass is 32.1. The molecule has 0 bridgehead atoms. The van der Waals surface area contributed by atoms with E-state index in [1.807, 2.05) is 18.2 Å². The highest BCUT2D eigenvalue weighted by molar-refractivity contribution is 7.22. The van der Waals surface area contributed by atoms with Gasteiger partial charge in [-0.05, 0) is 38.1 Å². The van der Waals surface area contributed by atoms with Gasteiger partial charge in [0.05, 0.1) is 49.6 Å². The van der Waals surface area contributed by atoms with Crippen LogP contribution in [0, 0.1) is 10.1 Å². The molecule has 0 unspecified atom stereocenters. The van der Waals surface area contributed by atoms with Gasteiger partial charge in [0.1, 0.15) is 10.7 Å². The van der Waals surface area contributed by atoms with Crippen LogP contribution in [0.25, 0.3) is 10.2 Å². The Morgan fingerprint density at radius 1 is 1.31 bits per heavy atom. The Morgan fingerprint density at radius 2 is 2.07 bits per heavy atom. The number of carbonyl (C=O) groups is 1. The molecule has 10 heteroatoms. The average Bonchev–Trinajstić information content (AvgIpc) is 3.37. The van der Waals surface area contributed by atoms with E-state index in [1.165, 1.54) is 33.3 Å². The van der Waals surface area contributed by atoms with Gasteiger partial charge in [-0.25, -0.2) is 4.98 Å². The number of furan rings is 1. The summed E-state index contributed by atoms with van der Waals surface area (Å²) in [7, 11) is 1.59. The Bertz CT molecular complexity index is 1010. The van der Waals surface area contributed by atoms with Gasteiger partial charge in [0, 0.05) is 0 Å². The topological polar surface area (TPSA) is 103 Å². The number of amides is 1. The van der Waals surface area contributed by atoms with Crippen LogP contribution >= 0.6 is 11.3 Å². The maximum absolute atomic E-state index is 13.1. The maximum Gasteiger partial charge on any atom is 0.433 e. The summed E-state index contributed by atoms with van der Waals surface area (Å²) >= 11 is 1.37. The summed E-state index contributed by atoms with van der Waals surface area (Å²) in [6.45, 7) is 7.18. The minimum absolute atomic E-state index is 0.0805. The van der Waals surface area contributed by atoms with E-state index < -0.39 is 16.7 Å². The van der Waals surface area contributed by atoms with Gasteiger partial charge in [0.15, 0.2) is 10.9 Å². The molecule has 0 aliphatic rings. The van der Waals surface area contributed by atoms with Gasteiger partial charge >= 0.3 is 5.88 Å². The molecule has 0 saturated heterocycles. The van der Waals surface area contributed by atoms with Crippen molar-refractivity contribution in [2.45, 2.75) is 13.8 Å². The number of rotatable bonds is 9. The minimum atomic E-state index is -0.662. The van der Waals surface area contributed by atoms with Gasteiger partial charge in [-0.15, -0.1) is 0 Å². The number of nitro groups is 1. The van der Waals surface area contributed by atoms with E-state index in [-0.39, 0.29) is 5.76 Å². The summed E-state index contributed by atoms with van der Waals surface area (Å²) in [5.74, 6) is -0.282. The standard InChI is InChI=1S/C19H22N4O5S/c1-4-21(5-2)10-11-22(18(24)15-8-9-17(28-15)23(25)26)19-20-14-7-6-13(27-3)12-16(14)29-19/h6-9,12H,4-5,10-11H2,1-3H3/p+1. The number of hydrogen-bond donors (Lipinski definition) is 1. The van der Waals surface area contributed by atoms with Crippen molar-refractivity contribution < 1.29 is 23.8 Å². The van der Waals surface area contributed by atoms with Gasteiger partial charge in [-0.3, -0.25) is 19.8 Å². The summed E-state index contributed by atoms with van der Waals surface area (Å²) < 4.78 is 11.3. The number of likely N-dealkylation sites (N-methyl/N-ethyl adjacent to an activating group) is 1. The number of nitrogens with one attached hydrogen (secondary N) is 1. The Labute approximate surface area is 171 Å². The molecule has 0 aliphatic carbocycles. The van der Waals surface area contributed by atoms with Crippen molar-refractivity contribution in [3.63, 3.8) is 0 Å². The number of ether oxygens (including phenoxy) is 1. The van der Waals surface area contributed by atoms with E-state index in [9.17, 15) is 14.9 Å². The molecular weight excluding hydrogens is 396 g/mol. The van der Waals surface area contributed by atoms with Gasteiger partial charge in [-0.1, -0.05) is 11.3 Å². The third kappa shape index (κ3) is 4.54. The lowest BCUT2D eigenvalue weighted by atomic mass is 10.3. The molecule has 1 N–H and O–H groups in total. The Kier molecular flexibility index (Phi) is 6.45. The van der Waals surface area contributed by atoms with Crippen molar-refractivity contribution in [1.29, 1.82) is 0 Å². The molecule has 29 heavy (non-hydrogen) atoms. The van der Waals surface area contributed by atoms with E-state index in [2.05, 4.69) is 18.8 Å². The number of fused-ring (bicyclic) bond motifs is 1. The molecule has 3 aromatic rings. The number of benzene rings is 1. The van der Waals surface area contributed by atoms with E-state index in [0.717, 1.165) is 29.9 Å². The maximum atomic E-state index is 13.1. The number of carbonyl (C=O) groups excluding carboxylic acids is 1. The SMILES string of the molecule is CC[NH+](CC)CCN(C(=O)c1ccc([N+](=O)[O-])o1)c1nc2ccc(OC)cc2s1. The molecule has 1 aromatic carbocycles. The van der Waals surface area contributed by atoms with Crippen LogP contribution in [0.2, 0.25) is 0 Å². The van der Waals surface area contributed by atoms with E-state index in [4.69, 9.17) is 9.15 Å². The van der Waals surface area contributed by atoms with Crippen molar-refractivity contribution in [2.75, 3.05) is 38.2 Å². The lowest BCUT2D eigenvalue weighted by Gasteiger charge is -2.22. The third-order valence-corrected chi connectivity index (χ3v) is 5.77. The molecule has 2 aromatic heterocycles. The second-order valence-corrected chi connectivity index (χ2v) is 7.40. The summed E-state index contributed by atoms with van der Waals surface area (Å²) in [6.07, 6.45) is 0. The summed E-state index contributed by atoms with van der Waals surface area (Å²) in [5.41, 5.74) is 0.754. The zero-order valence-electron chi connectivity index (χ0n) is 16.5. The number of nitrogens with zero attached hydrogens (tertiary/aromatic N) is 3. The molecule has 0 atom stereocenters. The molecule has 0 saturated carbocycles. The van der Waals surface area contributed by atoms with E-state index >= 15 is 0 Å². The molecule has 0 fully saturated rings. The van der Waals surface area contributed by atoms with Crippen LogP contribution in [-0.4, -0.2) is 49.1 Å². The van der Waals surface area contributed by atoms with Crippen LogP contribution in [0.1, 0.15) is 24.4 Å². The van der Waals surface area contributed by atoms with Crippen LogP contribution in [0.4, 0.5) is 11.0 Å². The highest BCUT2D eigenvalue weighted by Crippen LogP contribution is 2.32. The Balaban J connectivity index is 1.95. The van der Waals surface area contributed by atoms with Crippen LogP contribution in [0.15, 0.2) is 34.7 Å². The summed E-state index contributed by atoms with van der Waals surface area (Å²) in [5, 5.41) is 11.4. The predicted octanol–water partition coefficient (Wildman–Crippen LogP) is 2.38. The number of aromatic nitrogens is 1. The number of methoxy groups -OCH3 is 1. The Morgan fingerprint density at radius 3 is 2.69 bits per heavy atom. The van der Waals surface area contributed by atoms with Gasteiger partial charge < -0.3 is 14.1 Å². The fourth-order valence-electron chi connectivity index (χ4n) is 2.97. The fraction of sp³-hybridized carbons (Fsp3) is 0.368. The zero-order valence-corrected chi connectivity index (χ0v) is 17.3. The quantitative estimate of drug-likeness (QED) is 0.422. The largest absolute Gasteiger partial charge is 0.497 e. The molecule has 0 aliphatic heterocycles. The van der Waals surface area contributed by atoms with Crippen molar-refractivity contribution >= 4 is 38.5 Å². The average molecular weight is 419 g/mol. The number of quaternary nitrogens is 1. The van der Waals surface area contributed by atoms with Crippen LogP contribution in [-0.2, 0) is 0 Å². The van der Waals surface area contributed by atoms with Crippen LogP contribution in [0.5, 0.6) is 5.75 Å². The van der Waals surface area contributed by atoms with Gasteiger partial charge in [-0.2, -0.15) is 0 Å². The smallest absolute Gasteiger partial charge is 0.433 e. The summed E-state index contributed by atoms with van der Waals surface area (Å²) in [6, 6.07) is 8.03. The van der Waals surface area contributed by atoms with Gasteiger partial charge in [0.25, 0.3) is 5.91 Å². The molecule has 1 amide bonds. The molecule has 2 heterocycles. The first-order valence-corrected chi connectivity index (χ1v) is 10.1. The van der Waals surface area contributed by atoms with Crippen LogP contribution in [0.3, 0.4) is 0 Å². The Hall–Kier alpha value is -2.98. The number of thiazole rings is 1. The van der Waals surface area contributed by atoms with Crippen molar-refractivity contribution in [2.24, 2.45) is 0 Å². The molecule has 3 rings (SSSR count). The lowest BCUT2D eigenvalue weighted by Crippen LogP contribution is -3.12. The monoisotopic (exact) mass is 419 g/mol. The lowest BCUT2D eigenvalue weighted by molar-refractivity contribution is -0.894. The van der Waals surface area contributed by atoms with Crippen molar-refractivity contribution in [3.8, 4) is 5.75 Å². The highest BCUT2D eigenvalue weighted by Gasteiger charge is 2.27. The second kappa shape index (κ2) is 9.01. The van der Waals surface area contributed by atoms with Crippen LogP contribution < -0.4 is 14.5 Å². The minimum Gasteiger partial charge on any atom is -0.497 e. The normalized spacial score (nSPS) is 11.2. The molecule has 9 nitrogen and oxygen atoms in total. The van der Waals surface area contributed by atoms with E-state index in [0.29, 0.717) is 17.4 Å². The van der Waals surface area contributed by atoms with Crippen molar-refractivity contribution in [1.82, 2.24) is 4.98 Å². The van der Waals surface area contributed by atoms with Gasteiger partial charge in [0.2, 0.25) is 0 Å². The molecule has 0 radical (unpaired) electrons.